The molecule has 0 bridgehead atoms. The molecule has 322 valence electrons. The molecule has 6 fully saturated rings. The highest BCUT2D eigenvalue weighted by Gasteiger charge is 2.70. The summed E-state index contributed by atoms with van der Waals surface area (Å²) < 4.78 is 23.3. The van der Waals surface area contributed by atoms with Crippen LogP contribution in [0.5, 0.6) is 0 Å². The molecule has 0 unspecified atom stereocenters. The summed E-state index contributed by atoms with van der Waals surface area (Å²) in [6.45, 7) is 12.6. The molecule has 2 heterocycles. The van der Waals surface area contributed by atoms with Crippen molar-refractivity contribution in [1.29, 1.82) is 0 Å². The molecular weight excluding hydrogens is 728 g/mol. The summed E-state index contributed by atoms with van der Waals surface area (Å²) in [5, 5.41) is 108. The number of aliphatic hydroxyl groups excluding tert-OH is 10. The highest BCUT2D eigenvalue weighted by molar-refractivity contribution is 5.35. The van der Waals surface area contributed by atoms with Gasteiger partial charge in [0.05, 0.1) is 38.6 Å². The zero-order valence-corrected chi connectivity index (χ0v) is 34.0. The first kappa shape index (κ1) is 43.3. The fourth-order valence-electron chi connectivity index (χ4n) is 13.6. The SMILES string of the molecule is CC1(C)CC[C@]2(CO)[C@@H](O)C[C@]3(C)C(=CC[C@@H]4[C@@]5(C)CC[C@H](O)[C@@](C)(CO[C@@H]6O[C@H](CO[C@@H]7O[C@H](CO)[C@@H](O)[C@H](O)[C@H]7O)[C@@H](O)[C@H](O)[C@H]6O)[C@@H]5CC[C@]43C)[C@@H]2C1. The number of rotatable bonds is 8. The number of allylic oxidation sites excluding steroid dienone is 2. The van der Waals surface area contributed by atoms with Crippen molar-refractivity contribution in [3.63, 3.8) is 0 Å². The van der Waals surface area contributed by atoms with Crippen LogP contribution < -0.4 is 0 Å². The van der Waals surface area contributed by atoms with Crippen LogP contribution in [0.15, 0.2) is 11.6 Å². The minimum Gasteiger partial charge on any atom is -0.396 e. The predicted molar refractivity (Wildman–Crippen MR) is 200 cm³/mol. The van der Waals surface area contributed by atoms with Crippen molar-refractivity contribution in [3.8, 4) is 0 Å². The fraction of sp³-hybridized carbons (Fsp3) is 0.952. The van der Waals surface area contributed by atoms with Gasteiger partial charge >= 0.3 is 0 Å². The Morgan fingerprint density at radius 3 is 1.93 bits per heavy atom. The van der Waals surface area contributed by atoms with Crippen LogP contribution in [0, 0.1) is 50.2 Å². The van der Waals surface area contributed by atoms with Gasteiger partial charge in [-0.25, -0.2) is 0 Å². The van der Waals surface area contributed by atoms with Crippen LogP contribution in [0.1, 0.15) is 99.3 Å². The third-order valence-corrected chi connectivity index (χ3v) is 17.5. The van der Waals surface area contributed by atoms with Gasteiger partial charge in [0.2, 0.25) is 0 Å². The van der Waals surface area contributed by atoms with Gasteiger partial charge in [0, 0.05) is 10.8 Å². The summed E-state index contributed by atoms with van der Waals surface area (Å²) in [6.07, 6.45) is -6.81. The van der Waals surface area contributed by atoms with Gasteiger partial charge < -0.3 is 70.0 Å². The van der Waals surface area contributed by atoms with E-state index in [-0.39, 0.29) is 52.6 Å². The van der Waals surface area contributed by atoms with Crippen LogP contribution in [0.4, 0.5) is 0 Å². The minimum absolute atomic E-state index is 0.00403. The zero-order valence-electron chi connectivity index (χ0n) is 34.0. The fourth-order valence-corrected chi connectivity index (χ4v) is 13.6. The second-order valence-corrected chi connectivity index (χ2v) is 20.7. The molecule has 0 spiro atoms. The average molecular weight is 799 g/mol. The molecule has 7 aliphatic rings. The number of hydrogen-bond donors (Lipinski definition) is 10. The molecule has 7 rings (SSSR count). The first-order chi connectivity index (χ1) is 26.1. The standard InChI is InChI=1S/C42H70O14/c1-37(2)13-14-42(19-44)22(15-37)21-7-8-26-38(3)11-10-27(45)39(4,25(38)9-12-40(26,5)41(21,6)16-28(42)46)20-54-36-34(52)32(50)30(48)24(56-36)18-53-35-33(51)31(49)29(47)23(17-43)55-35/h7,22-36,43-52H,8-20H2,1-6H3/t22-,23+,24+,25+,26+,27-,28-,29+,30+,31-,32-,33+,34+,35+,36+,38-,39-,40+,41+,42+/m0/s1. The summed E-state index contributed by atoms with van der Waals surface area (Å²) in [5.41, 5.74) is -0.372. The molecule has 2 saturated heterocycles. The van der Waals surface area contributed by atoms with E-state index in [0.717, 1.165) is 44.9 Å². The Labute approximate surface area is 330 Å². The minimum atomic E-state index is -1.68. The summed E-state index contributed by atoms with van der Waals surface area (Å²) in [5.74, 6) is 0.384. The Morgan fingerprint density at radius 2 is 1.29 bits per heavy atom. The zero-order chi connectivity index (χ0) is 41.0. The lowest BCUT2D eigenvalue weighted by Crippen LogP contribution is -2.67. The maximum Gasteiger partial charge on any atom is 0.186 e. The van der Waals surface area contributed by atoms with E-state index >= 15 is 0 Å². The highest BCUT2D eigenvalue weighted by atomic mass is 16.7. The van der Waals surface area contributed by atoms with Crippen molar-refractivity contribution in [1.82, 2.24) is 0 Å². The third kappa shape index (κ3) is 6.42. The van der Waals surface area contributed by atoms with Gasteiger partial charge in [0.1, 0.15) is 48.8 Å². The molecule has 10 N–H and O–H groups in total. The summed E-state index contributed by atoms with van der Waals surface area (Å²) in [6, 6.07) is 0. The van der Waals surface area contributed by atoms with Crippen LogP contribution >= 0.6 is 0 Å². The Kier molecular flexibility index (Phi) is 11.6. The smallest absolute Gasteiger partial charge is 0.186 e. The first-order valence-corrected chi connectivity index (χ1v) is 21.0. The van der Waals surface area contributed by atoms with E-state index in [9.17, 15) is 51.1 Å². The summed E-state index contributed by atoms with van der Waals surface area (Å²) in [4.78, 5) is 0. The molecule has 0 aromatic rings. The van der Waals surface area contributed by atoms with E-state index in [1.165, 1.54) is 5.57 Å². The molecule has 0 radical (unpaired) electrons. The molecule has 0 aromatic heterocycles. The Hall–Kier alpha value is -0.820. The third-order valence-electron chi connectivity index (χ3n) is 17.5. The van der Waals surface area contributed by atoms with Crippen LogP contribution in [0.2, 0.25) is 0 Å². The summed E-state index contributed by atoms with van der Waals surface area (Å²) >= 11 is 0. The topological polar surface area (TPSA) is 239 Å². The van der Waals surface area contributed by atoms with Crippen molar-refractivity contribution in [2.24, 2.45) is 50.2 Å². The van der Waals surface area contributed by atoms with E-state index in [0.29, 0.717) is 12.8 Å². The summed E-state index contributed by atoms with van der Waals surface area (Å²) in [7, 11) is 0. The second kappa shape index (κ2) is 15.0. The molecule has 5 aliphatic carbocycles. The number of ether oxygens (including phenoxy) is 4. The highest BCUT2D eigenvalue weighted by Crippen LogP contribution is 2.75. The van der Waals surface area contributed by atoms with Gasteiger partial charge in [0.25, 0.3) is 0 Å². The molecule has 14 nitrogen and oxygen atoms in total. The normalized spacial score (nSPS) is 55.6. The van der Waals surface area contributed by atoms with Gasteiger partial charge in [-0.1, -0.05) is 53.2 Å². The van der Waals surface area contributed by atoms with Crippen LogP contribution in [0.25, 0.3) is 0 Å². The molecule has 0 amide bonds. The van der Waals surface area contributed by atoms with Crippen LogP contribution in [-0.4, -0.2) is 151 Å². The van der Waals surface area contributed by atoms with E-state index in [4.69, 9.17) is 18.9 Å². The van der Waals surface area contributed by atoms with Gasteiger partial charge in [-0.05, 0) is 97.2 Å². The maximum absolute atomic E-state index is 12.0. The Balaban J connectivity index is 1.09. The van der Waals surface area contributed by atoms with Gasteiger partial charge in [-0.15, -0.1) is 0 Å². The number of hydrogen-bond acceptors (Lipinski definition) is 14. The van der Waals surface area contributed by atoms with Crippen molar-refractivity contribution in [2.45, 2.75) is 173 Å². The molecule has 14 heteroatoms. The monoisotopic (exact) mass is 798 g/mol. The van der Waals surface area contributed by atoms with Crippen molar-refractivity contribution in [2.75, 3.05) is 26.4 Å². The first-order valence-electron chi connectivity index (χ1n) is 21.0. The predicted octanol–water partition coefficient (Wildman–Crippen LogP) is 0.733. The van der Waals surface area contributed by atoms with E-state index < -0.39 is 97.7 Å². The van der Waals surface area contributed by atoms with Crippen molar-refractivity contribution in [3.05, 3.63) is 11.6 Å². The van der Waals surface area contributed by atoms with Crippen LogP contribution in [-0.2, 0) is 18.9 Å². The molecule has 20 atom stereocenters. The second-order valence-electron chi connectivity index (χ2n) is 20.7. The largest absolute Gasteiger partial charge is 0.396 e. The average Bonchev–Trinajstić information content (AvgIpc) is 3.15. The molecule has 4 saturated carbocycles. The molecule has 2 aliphatic heterocycles. The quantitative estimate of drug-likeness (QED) is 0.153. The molecule has 56 heavy (non-hydrogen) atoms. The van der Waals surface area contributed by atoms with Gasteiger partial charge in [-0.3, -0.25) is 0 Å². The van der Waals surface area contributed by atoms with E-state index in [1.54, 1.807) is 0 Å². The van der Waals surface area contributed by atoms with Crippen LogP contribution in [0.3, 0.4) is 0 Å². The van der Waals surface area contributed by atoms with Crippen molar-refractivity contribution >= 4 is 0 Å². The van der Waals surface area contributed by atoms with E-state index in [2.05, 4.69) is 40.7 Å². The molecular formula is C42H70O14. The number of fused-ring (bicyclic) bond motifs is 7. The Morgan fingerprint density at radius 1 is 0.661 bits per heavy atom. The Bertz CT molecular complexity index is 1460. The lowest BCUT2D eigenvalue weighted by molar-refractivity contribution is -0.336. The van der Waals surface area contributed by atoms with Gasteiger partial charge in [0.15, 0.2) is 12.6 Å². The van der Waals surface area contributed by atoms with Crippen molar-refractivity contribution < 1.29 is 70.0 Å². The lowest BCUT2D eigenvalue weighted by atomic mass is 9.33. The lowest BCUT2D eigenvalue weighted by Gasteiger charge is -2.72. The maximum atomic E-state index is 12.0. The number of aliphatic hydroxyl groups is 10. The van der Waals surface area contributed by atoms with E-state index in [1.807, 2.05) is 6.92 Å². The molecule has 0 aromatic carbocycles. The van der Waals surface area contributed by atoms with Gasteiger partial charge in [-0.2, -0.15) is 0 Å².